The van der Waals surface area contributed by atoms with E-state index in [4.69, 9.17) is 23.2 Å². The standard InChI is InChI=1S/C19H16Cl2N4O/c1-12-17(3-2-4-22-12)14-5-13(8-20)6-15(7-14)19(26)25-11-18-23-9-16(21)10-24-18/h2-7,9-10H,8,11H2,1H3,(H,25,26). The van der Waals surface area contributed by atoms with Crippen LogP contribution in [0.5, 0.6) is 0 Å². The van der Waals surface area contributed by atoms with Gasteiger partial charge in [0.2, 0.25) is 0 Å². The van der Waals surface area contributed by atoms with Gasteiger partial charge in [0.05, 0.1) is 11.6 Å². The molecule has 0 atom stereocenters. The highest BCUT2D eigenvalue weighted by molar-refractivity contribution is 6.30. The summed E-state index contributed by atoms with van der Waals surface area (Å²) in [7, 11) is 0. The molecular formula is C19H16Cl2N4O. The zero-order valence-corrected chi connectivity index (χ0v) is 15.6. The summed E-state index contributed by atoms with van der Waals surface area (Å²) in [5.74, 6) is 0.575. The van der Waals surface area contributed by atoms with E-state index in [1.807, 2.05) is 31.2 Å². The molecule has 1 aromatic carbocycles. The maximum Gasteiger partial charge on any atom is 0.251 e. The zero-order valence-electron chi connectivity index (χ0n) is 14.0. The molecule has 5 nitrogen and oxygen atoms in total. The number of halogens is 2. The van der Waals surface area contributed by atoms with Crippen LogP contribution in [0.4, 0.5) is 0 Å². The molecule has 3 rings (SSSR count). The molecule has 0 aliphatic heterocycles. The summed E-state index contributed by atoms with van der Waals surface area (Å²) in [6.45, 7) is 2.14. The highest BCUT2D eigenvalue weighted by Gasteiger charge is 2.12. The van der Waals surface area contributed by atoms with Gasteiger partial charge < -0.3 is 5.32 Å². The van der Waals surface area contributed by atoms with Crippen molar-refractivity contribution < 1.29 is 4.79 Å². The molecule has 3 aromatic rings. The van der Waals surface area contributed by atoms with Gasteiger partial charge in [-0.2, -0.15) is 0 Å². The van der Waals surface area contributed by atoms with Crippen LogP contribution in [0.3, 0.4) is 0 Å². The third-order valence-electron chi connectivity index (χ3n) is 3.81. The number of benzene rings is 1. The fourth-order valence-electron chi connectivity index (χ4n) is 2.54. The van der Waals surface area contributed by atoms with Gasteiger partial charge in [0, 0.05) is 41.3 Å². The van der Waals surface area contributed by atoms with Gasteiger partial charge in [0.1, 0.15) is 5.82 Å². The Bertz CT molecular complexity index is 929. The second kappa shape index (κ2) is 8.25. The van der Waals surface area contributed by atoms with Crippen LogP contribution in [0.15, 0.2) is 48.9 Å². The Morgan fingerprint density at radius 1 is 1.15 bits per heavy atom. The first-order valence-corrected chi connectivity index (χ1v) is 8.84. The quantitative estimate of drug-likeness (QED) is 0.668. The number of carbonyl (C=O) groups is 1. The largest absolute Gasteiger partial charge is 0.345 e. The topological polar surface area (TPSA) is 67.8 Å². The van der Waals surface area contributed by atoms with Crippen molar-refractivity contribution in [2.24, 2.45) is 0 Å². The van der Waals surface area contributed by atoms with Crippen LogP contribution in [-0.2, 0) is 12.4 Å². The molecule has 26 heavy (non-hydrogen) atoms. The van der Waals surface area contributed by atoms with Crippen molar-refractivity contribution in [2.45, 2.75) is 19.3 Å². The lowest BCUT2D eigenvalue weighted by Crippen LogP contribution is -2.24. The van der Waals surface area contributed by atoms with Gasteiger partial charge in [-0.3, -0.25) is 9.78 Å². The Hall–Kier alpha value is -2.50. The summed E-state index contributed by atoms with van der Waals surface area (Å²) in [6.07, 6.45) is 4.73. The van der Waals surface area contributed by atoms with E-state index in [1.54, 1.807) is 12.3 Å². The lowest BCUT2D eigenvalue weighted by atomic mass is 9.99. The molecule has 0 aliphatic rings. The molecule has 2 aromatic heterocycles. The number of nitrogens with one attached hydrogen (secondary N) is 1. The summed E-state index contributed by atoms with van der Waals surface area (Å²) < 4.78 is 0. The minimum Gasteiger partial charge on any atom is -0.345 e. The SMILES string of the molecule is Cc1ncccc1-c1cc(CCl)cc(C(=O)NCc2ncc(Cl)cn2)c1. The van der Waals surface area contributed by atoms with Crippen LogP contribution in [0.25, 0.3) is 11.1 Å². The number of pyridine rings is 1. The number of hydrogen-bond acceptors (Lipinski definition) is 4. The fraction of sp³-hybridized carbons (Fsp3) is 0.158. The van der Waals surface area contributed by atoms with Crippen LogP contribution in [-0.4, -0.2) is 20.9 Å². The maximum absolute atomic E-state index is 12.6. The van der Waals surface area contributed by atoms with Crippen molar-refractivity contribution in [3.63, 3.8) is 0 Å². The van der Waals surface area contributed by atoms with Gasteiger partial charge in [-0.25, -0.2) is 9.97 Å². The molecule has 0 unspecified atom stereocenters. The summed E-state index contributed by atoms with van der Waals surface area (Å²) in [4.78, 5) is 25.0. The highest BCUT2D eigenvalue weighted by atomic mass is 35.5. The first-order valence-electron chi connectivity index (χ1n) is 7.93. The maximum atomic E-state index is 12.6. The molecule has 0 radical (unpaired) electrons. The van der Waals surface area contributed by atoms with Gasteiger partial charge in [0.15, 0.2) is 0 Å². The van der Waals surface area contributed by atoms with E-state index in [0.29, 0.717) is 22.3 Å². The minimum atomic E-state index is -0.224. The van der Waals surface area contributed by atoms with E-state index in [2.05, 4.69) is 20.3 Å². The molecule has 1 amide bonds. The third-order valence-corrected chi connectivity index (χ3v) is 4.31. The zero-order chi connectivity index (χ0) is 18.5. The molecule has 0 aliphatic carbocycles. The Labute approximate surface area is 161 Å². The lowest BCUT2D eigenvalue weighted by Gasteiger charge is -2.11. The van der Waals surface area contributed by atoms with Crippen LogP contribution < -0.4 is 5.32 Å². The third kappa shape index (κ3) is 4.36. The molecular weight excluding hydrogens is 371 g/mol. The molecule has 2 heterocycles. The number of aromatic nitrogens is 3. The summed E-state index contributed by atoms with van der Waals surface area (Å²) >= 11 is 11.8. The molecule has 1 N–H and O–H groups in total. The Morgan fingerprint density at radius 3 is 2.62 bits per heavy atom. The predicted molar refractivity (Wildman–Crippen MR) is 102 cm³/mol. The van der Waals surface area contributed by atoms with E-state index in [1.165, 1.54) is 12.4 Å². The van der Waals surface area contributed by atoms with Crippen LogP contribution in [0.1, 0.15) is 27.4 Å². The van der Waals surface area contributed by atoms with E-state index >= 15 is 0 Å². The van der Waals surface area contributed by atoms with Crippen molar-refractivity contribution in [3.8, 4) is 11.1 Å². The normalized spacial score (nSPS) is 10.6. The number of hydrogen-bond donors (Lipinski definition) is 1. The van der Waals surface area contributed by atoms with E-state index in [-0.39, 0.29) is 12.5 Å². The molecule has 0 saturated carbocycles. The summed E-state index contributed by atoms with van der Waals surface area (Å²) in [5.41, 5.74) is 4.15. The number of carbonyl (C=O) groups excluding carboxylic acids is 1. The van der Waals surface area contributed by atoms with Crippen molar-refractivity contribution >= 4 is 29.1 Å². The summed E-state index contributed by atoms with van der Waals surface area (Å²) in [6, 6.07) is 9.42. The predicted octanol–water partition coefficient (Wildman–Crippen LogP) is 4.17. The average molecular weight is 387 g/mol. The van der Waals surface area contributed by atoms with Gasteiger partial charge in [-0.05, 0) is 42.3 Å². The van der Waals surface area contributed by atoms with Crippen molar-refractivity contribution in [3.05, 3.63) is 76.6 Å². The Morgan fingerprint density at radius 2 is 1.92 bits per heavy atom. The lowest BCUT2D eigenvalue weighted by molar-refractivity contribution is 0.0950. The second-order valence-corrected chi connectivity index (χ2v) is 6.39. The Kier molecular flexibility index (Phi) is 5.81. The molecule has 7 heteroatoms. The second-order valence-electron chi connectivity index (χ2n) is 5.69. The van der Waals surface area contributed by atoms with E-state index in [9.17, 15) is 4.79 Å². The molecule has 0 bridgehead atoms. The van der Waals surface area contributed by atoms with Crippen molar-refractivity contribution in [1.82, 2.24) is 20.3 Å². The number of alkyl halides is 1. The van der Waals surface area contributed by atoms with Gasteiger partial charge >= 0.3 is 0 Å². The average Bonchev–Trinajstić information content (AvgIpc) is 2.67. The number of amides is 1. The minimum absolute atomic E-state index is 0.211. The highest BCUT2D eigenvalue weighted by Crippen LogP contribution is 2.25. The van der Waals surface area contributed by atoms with Crippen LogP contribution in [0.2, 0.25) is 5.02 Å². The van der Waals surface area contributed by atoms with Crippen molar-refractivity contribution in [2.75, 3.05) is 0 Å². The first-order chi connectivity index (χ1) is 12.6. The van der Waals surface area contributed by atoms with Crippen LogP contribution in [0, 0.1) is 6.92 Å². The number of nitrogens with zero attached hydrogens (tertiary/aromatic N) is 3. The van der Waals surface area contributed by atoms with Gasteiger partial charge in [-0.1, -0.05) is 17.7 Å². The first kappa shape index (κ1) is 18.3. The Balaban J connectivity index is 1.84. The van der Waals surface area contributed by atoms with Crippen molar-refractivity contribution in [1.29, 1.82) is 0 Å². The summed E-state index contributed by atoms with van der Waals surface area (Å²) in [5, 5.41) is 3.26. The molecule has 132 valence electrons. The van der Waals surface area contributed by atoms with Gasteiger partial charge in [0.25, 0.3) is 5.91 Å². The van der Waals surface area contributed by atoms with E-state index < -0.39 is 0 Å². The smallest absolute Gasteiger partial charge is 0.251 e. The van der Waals surface area contributed by atoms with Gasteiger partial charge in [-0.15, -0.1) is 11.6 Å². The fourth-order valence-corrected chi connectivity index (χ4v) is 2.79. The molecule has 0 fully saturated rings. The molecule has 0 spiro atoms. The van der Waals surface area contributed by atoms with Crippen LogP contribution >= 0.6 is 23.2 Å². The number of rotatable bonds is 5. The number of aryl methyl sites for hydroxylation is 1. The monoisotopic (exact) mass is 386 g/mol. The molecule has 0 saturated heterocycles. The van der Waals surface area contributed by atoms with E-state index in [0.717, 1.165) is 22.4 Å².